The van der Waals surface area contributed by atoms with Crippen LogP contribution < -0.4 is 14.5 Å². The molecule has 0 radical (unpaired) electrons. The first-order valence-corrected chi connectivity index (χ1v) is 17.2. The number of nitrogens with zero attached hydrogens (tertiary/aromatic N) is 5. The molecule has 0 saturated carbocycles. The monoisotopic (exact) mass is 670 g/mol. The number of halogens is 1. The lowest BCUT2D eigenvalue weighted by atomic mass is 9.97. The molecule has 4 aromatic rings. The molecule has 12 nitrogen and oxygen atoms in total. The van der Waals surface area contributed by atoms with Gasteiger partial charge in [-0.05, 0) is 51.0 Å². The molecule has 1 saturated heterocycles. The lowest BCUT2D eigenvalue weighted by molar-refractivity contribution is -0.149. The van der Waals surface area contributed by atoms with Crippen molar-refractivity contribution >= 4 is 52.2 Å². The number of benzene rings is 2. The van der Waals surface area contributed by atoms with Gasteiger partial charge < -0.3 is 28.5 Å². The minimum atomic E-state index is -3.60. The van der Waals surface area contributed by atoms with Gasteiger partial charge >= 0.3 is 12.6 Å². The smallest absolute Gasteiger partial charge is 0.323 e. The zero-order valence-corrected chi connectivity index (χ0v) is 28.0. The maximum absolute atomic E-state index is 16.5. The van der Waals surface area contributed by atoms with Gasteiger partial charge in [-0.2, -0.15) is 0 Å². The molecule has 0 spiro atoms. The van der Waals surface area contributed by atoms with E-state index in [2.05, 4.69) is 26.0 Å². The summed E-state index contributed by atoms with van der Waals surface area (Å²) in [6.07, 6.45) is 2.00. The lowest BCUT2D eigenvalue weighted by Crippen LogP contribution is -2.42. The molecule has 0 bridgehead atoms. The summed E-state index contributed by atoms with van der Waals surface area (Å²) in [4.78, 5) is 27.7. The Labute approximate surface area is 271 Å². The van der Waals surface area contributed by atoms with Crippen LogP contribution in [0.3, 0.4) is 0 Å². The maximum Gasteiger partial charge on any atom is 0.323 e. The number of ether oxygens (including phenoxy) is 2. The molecule has 244 valence electrons. The number of esters is 1. The average Bonchev–Trinajstić information content (AvgIpc) is 3.53. The highest BCUT2D eigenvalue weighted by Gasteiger charge is 2.58. The molecule has 1 aliphatic heterocycles. The molecule has 1 fully saturated rings. The van der Waals surface area contributed by atoms with Gasteiger partial charge in [0.25, 0.3) is 0 Å². The Morgan fingerprint density at radius 3 is 2.67 bits per heavy atom. The highest BCUT2D eigenvalue weighted by Crippen LogP contribution is 2.49. The number of anilines is 1. The maximum atomic E-state index is 16.5. The molecule has 0 aliphatic carbocycles. The second kappa shape index (κ2) is 13.2. The number of imidazole rings is 1. The van der Waals surface area contributed by atoms with Gasteiger partial charge in [0.1, 0.15) is 29.8 Å². The van der Waals surface area contributed by atoms with Crippen LogP contribution in [0.5, 0.6) is 5.75 Å². The number of nitrogens with one attached hydrogen (secondary N) is 1. The van der Waals surface area contributed by atoms with E-state index in [1.807, 2.05) is 30.3 Å². The summed E-state index contributed by atoms with van der Waals surface area (Å²) in [5, 5.41) is 15.8. The van der Waals surface area contributed by atoms with E-state index in [-0.39, 0.29) is 11.8 Å². The standard InChI is InChI=1S/C31H36FN6O6PS/c1-8-31(32)26(39)24(43-30(31)38-17-33-25-27(37(6)7)34-20(5)35-28(25)38)16-41-45(46,36-19(4)29(40)42-18(2)3)44-23-15-11-13-21-12-9-10-14-22(21)23/h1,9-15,17-19,24,26,30,39H,16H2,2-7H3,(H,36,46)/t19-,24+,26+,30+,31+,45-/m0/s1. The van der Waals surface area contributed by atoms with Crippen LogP contribution in [0, 0.1) is 19.3 Å². The average molecular weight is 671 g/mol. The number of aryl methyl sites for hydroxylation is 1. The van der Waals surface area contributed by atoms with Gasteiger partial charge in [-0.3, -0.25) is 9.36 Å². The van der Waals surface area contributed by atoms with E-state index >= 15 is 4.39 Å². The number of carbonyl (C=O) groups is 1. The summed E-state index contributed by atoms with van der Waals surface area (Å²) in [6, 6.07) is 12.0. The van der Waals surface area contributed by atoms with Gasteiger partial charge in [-0.25, -0.2) is 24.4 Å². The highest BCUT2D eigenvalue weighted by molar-refractivity contribution is 8.09. The van der Waals surface area contributed by atoms with E-state index in [0.29, 0.717) is 22.9 Å². The summed E-state index contributed by atoms with van der Waals surface area (Å²) in [6.45, 7) is 2.69. The first-order chi connectivity index (χ1) is 21.8. The van der Waals surface area contributed by atoms with Gasteiger partial charge in [0, 0.05) is 19.5 Å². The van der Waals surface area contributed by atoms with Crippen LogP contribution in [-0.4, -0.2) is 81.3 Å². The number of alkyl halides is 1. The van der Waals surface area contributed by atoms with Gasteiger partial charge in [0.2, 0.25) is 5.67 Å². The molecule has 3 heterocycles. The largest absolute Gasteiger partial charge is 0.462 e. The minimum absolute atomic E-state index is 0.274. The number of fused-ring (bicyclic) bond motifs is 2. The molecule has 2 N–H and O–H groups in total. The van der Waals surface area contributed by atoms with Crippen molar-refractivity contribution in [3.63, 3.8) is 0 Å². The first-order valence-electron chi connectivity index (χ1n) is 14.5. The second-order valence-electron chi connectivity index (χ2n) is 11.4. The van der Waals surface area contributed by atoms with Crippen molar-refractivity contribution in [2.75, 3.05) is 25.6 Å². The topological polar surface area (TPSA) is 133 Å². The van der Waals surface area contributed by atoms with E-state index in [0.717, 1.165) is 10.8 Å². The van der Waals surface area contributed by atoms with Crippen LogP contribution in [0.4, 0.5) is 10.2 Å². The third kappa shape index (κ3) is 6.57. The van der Waals surface area contributed by atoms with E-state index in [1.165, 1.54) is 10.9 Å². The highest BCUT2D eigenvalue weighted by atomic mass is 32.5. The minimum Gasteiger partial charge on any atom is -0.462 e. The summed E-state index contributed by atoms with van der Waals surface area (Å²) in [5.41, 5.74) is -2.02. The Balaban J connectivity index is 1.45. The molecule has 6 atom stereocenters. The molecule has 0 amide bonds. The molecule has 15 heteroatoms. The SMILES string of the molecule is C#C[C@@]1(F)[C@H](O)[C@@H](CO[P@@](=S)(N[C@@H](C)C(=O)OC(C)C)Oc2cccc3ccccc23)O[C@H]1n1cnc2c(N(C)C)nc(C)nc21. The Bertz CT molecular complexity index is 1840. The van der Waals surface area contributed by atoms with Crippen molar-refractivity contribution in [3.05, 3.63) is 54.6 Å². The van der Waals surface area contributed by atoms with Crippen molar-refractivity contribution in [3.8, 4) is 18.1 Å². The number of rotatable bonds is 11. The number of terminal acetylenes is 1. The lowest BCUT2D eigenvalue weighted by Gasteiger charge is -2.28. The number of aliphatic hydroxyl groups is 1. The number of hydrogen-bond acceptors (Lipinski definition) is 11. The van der Waals surface area contributed by atoms with Crippen molar-refractivity contribution in [1.29, 1.82) is 0 Å². The molecule has 1 aliphatic rings. The normalized spacial score (nSPS) is 23.3. The quantitative estimate of drug-likeness (QED) is 0.135. The van der Waals surface area contributed by atoms with Crippen LogP contribution in [-0.2, 0) is 30.6 Å². The fourth-order valence-corrected chi connectivity index (χ4v) is 7.51. The third-order valence-corrected chi connectivity index (χ3v) is 9.78. The molecule has 46 heavy (non-hydrogen) atoms. The van der Waals surface area contributed by atoms with Crippen molar-refractivity contribution < 1.29 is 32.8 Å². The van der Waals surface area contributed by atoms with Crippen molar-refractivity contribution in [2.45, 2.75) is 63.9 Å². The fraction of sp³-hybridized carbons (Fsp3) is 0.419. The third-order valence-electron chi connectivity index (χ3n) is 7.29. The van der Waals surface area contributed by atoms with Crippen molar-refractivity contribution in [1.82, 2.24) is 24.6 Å². The van der Waals surface area contributed by atoms with Gasteiger partial charge in [0.05, 0.1) is 19.0 Å². The van der Waals surface area contributed by atoms with Crippen LogP contribution in [0.15, 0.2) is 48.8 Å². The Morgan fingerprint density at radius 2 is 1.98 bits per heavy atom. The summed E-state index contributed by atoms with van der Waals surface area (Å²) in [5.74, 6) is 2.85. The molecular formula is C31H36FN6O6PS. The predicted octanol–water partition coefficient (Wildman–Crippen LogP) is 4.20. The van der Waals surface area contributed by atoms with E-state index in [1.54, 1.807) is 58.8 Å². The molecular weight excluding hydrogens is 634 g/mol. The number of aliphatic hydroxyl groups excluding tert-OH is 1. The van der Waals surface area contributed by atoms with Crippen LogP contribution in [0.25, 0.3) is 21.9 Å². The first kappa shape index (κ1) is 33.7. The summed E-state index contributed by atoms with van der Waals surface area (Å²) < 4.78 is 41.6. The molecule has 2 aromatic carbocycles. The van der Waals surface area contributed by atoms with E-state index in [9.17, 15) is 9.90 Å². The van der Waals surface area contributed by atoms with Crippen LogP contribution in [0.1, 0.15) is 32.8 Å². The van der Waals surface area contributed by atoms with Gasteiger partial charge in [-0.1, -0.05) is 42.3 Å². The predicted molar refractivity (Wildman–Crippen MR) is 176 cm³/mol. The number of hydrogen-bond donors (Lipinski definition) is 2. The zero-order chi connectivity index (χ0) is 33.4. The van der Waals surface area contributed by atoms with Gasteiger partial charge in [0.15, 0.2) is 23.2 Å². The Hall–Kier alpha value is -3.70. The molecule has 5 rings (SSSR count). The molecule has 0 unspecified atom stereocenters. The Morgan fingerprint density at radius 1 is 1.26 bits per heavy atom. The van der Waals surface area contributed by atoms with E-state index in [4.69, 9.17) is 36.8 Å². The summed E-state index contributed by atoms with van der Waals surface area (Å²) >= 11 is 5.88. The van der Waals surface area contributed by atoms with Crippen LogP contribution >= 0.6 is 6.64 Å². The number of aromatic nitrogens is 4. The van der Waals surface area contributed by atoms with Crippen LogP contribution in [0.2, 0.25) is 0 Å². The van der Waals surface area contributed by atoms with Crippen molar-refractivity contribution in [2.24, 2.45) is 0 Å². The van der Waals surface area contributed by atoms with E-state index < -0.39 is 49.4 Å². The van der Waals surface area contributed by atoms with Gasteiger partial charge in [-0.15, -0.1) is 6.42 Å². The summed E-state index contributed by atoms with van der Waals surface area (Å²) in [7, 11) is 3.60. The Kier molecular flexibility index (Phi) is 9.65. The number of carbonyl (C=O) groups excluding carboxylic acids is 1. The second-order valence-corrected chi connectivity index (χ2v) is 14.5. The molecule has 2 aromatic heterocycles. The zero-order valence-electron chi connectivity index (χ0n) is 26.2. The fourth-order valence-electron chi connectivity index (χ4n) is 5.09.